The van der Waals surface area contributed by atoms with Gasteiger partial charge in [-0.2, -0.15) is 4.98 Å². The van der Waals surface area contributed by atoms with Gasteiger partial charge in [0.2, 0.25) is 0 Å². The molecule has 0 saturated carbocycles. The van der Waals surface area contributed by atoms with Crippen molar-refractivity contribution in [3.05, 3.63) is 16.9 Å². The van der Waals surface area contributed by atoms with Crippen molar-refractivity contribution in [2.45, 2.75) is 26.2 Å². The first-order valence-corrected chi connectivity index (χ1v) is 6.46. The zero-order valence-electron chi connectivity index (χ0n) is 10.1. The van der Waals surface area contributed by atoms with Crippen molar-refractivity contribution in [2.75, 3.05) is 19.7 Å². The van der Waals surface area contributed by atoms with Crippen molar-refractivity contribution in [2.24, 2.45) is 5.92 Å². The van der Waals surface area contributed by atoms with Crippen LogP contribution in [0.1, 0.15) is 24.8 Å². The number of rotatable bonds is 4. The van der Waals surface area contributed by atoms with E-state index in [-0.39, 0.29) is 0 Å². The molecule has 0 amide bonds. The minimum absolute atomic E-state index is 0.379. The largest absolute Gasteiger partial charge is 0.463 e. The highest BCUT2D eigenvalue weighted by Crippen LogP contribution is 2.16. The third-order valence-electron chi connectivity index (χ3n) is 3.04. The van der Waals surface area contributed by atoms with E-state index in [0.717, 1.165) is 25.1 Å². The summed E-state index contributed by atoms with van der Waals surface area (Å²) >= 11 is 5.90. The standard InChI is InChI=1S/C12H18ClN3O/c1-9-7-15-12(16-11(9)13)17-6-4-10-3-2-5-14-8-10/h7,10,14H,2-6,8H2,1H3/t10-/m1/s1. The summed E-state index contributed by atoms with van der Waals surface area (Å²) in [6.07, 6.45) is 5.28. The van der Waals surface area contributed by atoms with E-state index in [0.29, 0.717) is 23.7 Å². The van der Waals surface area contributed by atoms with Crippen LogP contribution < -0.4 is 10.1 Å². The normalized spacial score (nSPS) is 20.2. The van der Waals surface area contributed by atoms with Crippen LogP contribution in [0.25, 0.3) is 0 Å². The van der Waals surface area contributed by atoms with Crippen molar-refractivity contribution in [1.82, 2.24) is 15.3 Å². The Bertz CT molecular complexity index is 367. The Hall–Kier alpha value is -0.870. The van der Waals surface area contributed by atoms with Crippen LogP contribution in [0.5, 0.6) is 6.01 Å². The monoisotopic (exact) mass is 255 g/mol. The van der Waals surface area contributed by atoms with Crippen molar-refractivity contribution in [1.29, 1.82) is 0 Å². The van der Waals surface area contributed by atoms with Gasteiger partial charge in [-0.05, 0) is 45.2 Å². The molecule has 1 aromatic rings. The first-order valence-electron chi connectivity index (χ1n) is 6.08. The van der Waals surface area contributed by atoms with Crippen molar-refractivity contribution < 1.29 is 4.74 Å². The number of piperidine rings is 1. The lowest BCUT2D eigenvalue weighted by Gasteiger charge is -2.22. The van der Waals surface area contributed by atoms with E-state index in [9.17, 15) is 0 Å². The number of ether oxygens (including phenoxy) is 1. The van der Waals surface area contributed by atoms with E-state index < -0.39 is 0 Å². The molecule has 17 heavy (non-hydrogen) atoms. The van der Waals surface area contributed by atoms with E-state index in [1.165, 1.54) is 12.8 Å². The molecule has 0 bridgehead atoms. The fourth-order valence-electron chi connectivity index (χ4n) is 1.96. The quantitative estimate of drug-likeness (QED) is 0.838. The summed E-state index contributed by atoms with van der Waals surface area (Å²) in [6.45, 7) is 4.78. The number of aryl methyl sites for hydroxylation is 1. The summed E-state index contributed by atoms with van der Waals surface area (Å²) in [7, 11) is 0. The smallest absolute Gasteiger partial charge is 0.317 e. The van der Waals surface area contributed by atoms with Gasteiger partial charge in [0.25, 0.3) is 0 Å². The Labute approximate surface area is 107 Å². The molecule has 0 radical (unpaired) electrons. The second kappa shape index (κ2) is 6.17. The van der Waals surface area contributed by atoms with Gasteiger partial charge < -0.3 is 10.1 Å². The van der Waals surface area contributed by atoms with Crippen molar-refractivity contribution in [3.63, 3.8) is 0 Å². The predicted molar refractivity (Wildman–Crippen MR) is 67.5 cm³/mol. The van der Waals surface area contributed by atoms with E-state index in [2.05, 4.69) is 15.3 Å². The van der Waals surface area contributed by atoms with Crippen LogP contribution >= 0.6 is 11.6 Å². The molecule has 1 fully saturated rings. The number of nitrogens with zero attached hydrogens (tertiary/aromatic N) is 2. The molecule has 0 unspecified atom stereocenters. The fraction of sp³-hybridized carbons (Fsp3) is 0.667. The van der Waals surface area contributed by atoms with Crippen molar-refractivity contribution >= 4 is 11.6 Å². The van der Waals surface area contributed by atoms with Gasteiger partial charge in [-0.1, -0.05) is 11.6 Å². The Balaban J connectivity index is 1.75. The zero-order chi connectivity index (χ0) is 12.1. The second-order valence-electron chi connectivity index (χ2n) is 4.48. The lowest BCUT2D eigenvalue weighted by Crippen LogP contribution is -2.30. The number of hydrogen-bond donors (Lipinski definition) is 1. The minimum Gasteiger partial charge on any atom is -0.463 e. The maximum Gasteiger partial charge on any atom is 0.317 e. The summed E-state index contributed by atoms with van der Waals surface area (Å²) in [4.78, 5) is 8.16. The number of halogens is 1. The third kappa shape index (κ3) is 3.82. The maximum absolute atomic E-state index is 5.90. The summed E-state index contributed by atoms with van der Waals surface area (Å²) in [6, 6.07) is 0.379. The lowest BCUT2D eigenvalue weighted by atomic mass is 9.97. The molecule has 1 saturated heterocycles. The highest BCUT2D eigenvalue weighted by molar-refractivity contribution is 6.30. The van der Waals surface area contributed by atoms with Crippen molar-refractivity contribution in [3.8, 4) is 6.01 Å². The summed E-state index contributed by atoms with van der Waals surface area (Å²) in [5.74, 6) is 0.713. The number of aromatic nitrogens is 2. The fourth-order valence-corrected chi connectivity index (χ4v) is 2.08. The Kier molecular flexibility index (Phi) is 4.57. The maximum atomic E-state index is 5.90. The van der Waals surface area contributed by atoms with E-state index in [4.69, 9.17) is 16.3 Å². The zero-order valence-corrected chi connectivity index (χ0v) is 10.8. The molecule has 4 nitrogen and oxygen atoms in total. The second-order valence-corrected chi connectivity index (χ2v) is 4.83. The molecule has 2 rings (SSSR count). The van der Waals surface area contributed by atoms with Gasteiger partial charge in [-0.3, -0.25) is 0 Å². The highest BCUT2D eigenvalue weighted by Gasteiger charge is 2.13. The Morgan fingerprint density at radius 2 is 2.47 bits per heavy atom. The molecule has 1 aromatic heterocycles. The van der Waals surface area contributed by atoms with Gasteiger partial charge in [0.1, 0.15) is 5.15 Å². The number of hydrogen-bond acceptors (Lipinski definition) is 4. The lowest BCUT2D eigenvalue weighted by molar-refractivity contribution is 0.240. The molecule has 0 aliphatic carbocycles. The van der Waals surface area contributed by atoms with Gasteiger partial charge in [-0.15, -0.1) is 0 Å². The van der Waals surface area contributed by atoms with E-state index in [1.54, 1.807) is 6.20 Å². The van der Waals surface area contributed by atoms with E-state index >= 15 is 0 Å². The molecule has 2 heterocycles. The third-order valence-corrected chi connectivity index (χ3v) is 3.43. The Morgan fingerprint density at radius 3 is 3.18 bits per heavy atom. The van der Waals surface area contributed by atoms with E-state index in [1.807, 2.05) is 6.92 Å². The van der Waals surface area contributed by atoms with Crippen LogP contribution in [0, 0.1) is 12.8 Å². The van der Waals surface area contributed by atoms with Gasteiger partial charge in [0.05, 0.1) is 6.61 Å². The minimum atomic E-state index is 0.379. The van der Waals surface area contributed by atoms with Crippen LogP contribution in [0.3, 0.4) is 0 Å². The SMILES string of the molecule is Cc1cnc(OCC[C@H]2CCCNC2)nc1Cl. The van der Waals surface area contributed by atoms with Gasteiger partial charge >= 0.3 is 6.01 Å². The van der Waals surface area contributed by atoms with Gasteiger partial charge in [-0.25, -0.2) is 4.98 Å². The Morgan fingerprint density at radius 1 is 1.59 bits per heavy atom. The van der Waals surface area contributed by atoms with Crippen LogP contribution in [0.2, 0.25) is 5.15 Å². The van der Waals surface area contributed by atoms with Crippen LogP contribution in [0.15, 0.2) is 6.20 Å². The topological polar surface area (TPSA) is 47.0 Å². The molecule has 94 valence electrons. The van der Waals surface area contributed by atoms with Crippen LogP contribution in [0.4, 0.5) is 0 Å². The summed E-state index contributed by atoms with van der Waals surface area (Å²) < 4.78 is 5.51. The van der Waals surface area contributed by atoms with Crippen LogP contribution in [-0.2, 0) is 0 Å². The van der Waals surface area contributed by atoms with Gasteiger partial charge in [0, 0.05) is 11.8 Å². The molecule has 5 heteroatoms. The average Bonchev–Trinajstić information content (AvgIpc) is 2.35. The van der Waals surface area contributed by atoms with Crippen LogP contribution in [-0.4, -0.2) is 29.7 Å². The molecule has 0 aromatic carbocycles. The molecule has 0 spiro atoms. The summed E-state index contributed by atoms with van der Waals surface area (Å²) in [5, 5.41) is 3.86. The molecule has 1 N–H and O–H groups in total. The molecule has 1 aliphatic heterocycles. The molecular formula is C12H18ClN3O. The predicted octanol–water partition coefficient (Wildman–Crippen LogP) is 2.21. The highest BCUT2D eigenvalue weighted by atomic mass is 35.5. The number of nitrogens with one attached hydrogen (secondary N) is 1. The van der Waals surface area contributed by atoms with Gasteiger partial charge in [0.15, 0.2) is 0 Å². The molecule has 1 aliphatic rings. The summed E-state index contributed by atoms with van der Waals surface area (Å²) in [5.41, 5.74) is 0.871. The average molecular weight is 256 g/mol. The first kappa shape index (κ1) is 12.6. The molecular weight excluding hydrogens is 238 g/mol. The first-order chi connectivity index (χ1) is 8.25. The molecule has 1 atom stereocenters.